The molecule has 146 valence electrons. The number of hydrogen-bond donors (Lipinski definition) is 1. The standard InChI is InChI=1S/C20H22F3NO3/c1-25-18-11-14-8-9-24-17(16(14)12-19(18)26-2)7-6-13-4-3-5-15(10-13)27-20(21,22)23/h3-5,10-12,17,24H,6-9H2,1-2H3. The molecule has 2 aromatic rings. The molecule has 0 aromatic heterocycles. The van der Waals surface area contributed by atoms with Crippen molar-refractivity contribution in [1.29, 1.82) is 0 Å². The van der Waals surface area contributed by atoms with Crippen LogP contribution < -0.4 is 19.5 Å². The van der Waals surface area contributed by atoms with Gasteiger partial charge >= 0.3 is 6.36 Å². The lowest BCUT2D eigenvalue weighted by Gasteiger charge is -2.28. The van der Waals surface area contributed by atoms with E-state index >= 15 is 0 Å². The zero-order valence-electron chi connectivity index (χ0n) is 15.2. The van der Waals surface area contributed by atoms with Gasteiger partial charge in [0.2, 0.25) is 0 Å². The van der Waals surface area contributed by atoms with E-state index in [2.05, 4.69) is 10.1 Å². The molecular formula is C20H22F3NO3. The third-order valence-corrected chi connectivity index (χ3v) is 4.66. The first-order valence-electron chi connectivity index (χ1n) is 8.72. The first-order chi connectivity index (χ1) is 12.9. The van der Waals surface area contributed by atoms with Crippen LogP contribution in [-0.2, 0) is 12.8 Å². The number of methoxy groups -OCH3 is 2. The van der Waals surface area contributed by atoms with Crippen LogP contribution in [0.15, 0.2) is 36.4 Å². The Labute approximate surface area is 156 Å². The highest BCUT2D eigenvalue weighted by molar-refractivity contribution is 5.49. The summed E-state index contributed by atoms with van der Waals surface area (Å²) in [6, 6.07) is 10.2. The molecule has 1 heterocycles. The Morgan fingerprint density at radius 1 is 1.07 bits per heavy atom. The molecule has 1 N–H and O–H groups in total. The van der Waals surface area contributed by atoms with E-state index in [1.54, 1.807) is 20.3 Å². The zero-order valence-corrected chi connectivity index (χ0v) is 15.2. The van der Waals surface area contributed by atoms with E-state index in [9.17, 15) is 13.2 Å². The third kappa shape index (κ3) is 4.86. The lowest BCUT2D eigenvalue weighted by molar-refractivity contribution is -0.274. The third-order valence-electron chi connectivity index (χ3n) is 4.66. The molecule has 2 aromatic carbocycles. The molecule has 0 fully saturated rings. The highest BCUT2D eigenvalue weighted by Crippen LogP contribution is 2.36. The van der Waals surface area contributed by atoms with E-state index in [0.717, 1.165) is 30.5 Å². The van der Waals surface area contributed by atoms with E-state index in [1.165, 1.54) is 17.7 Å². The van der Waals surface area contributed by atoms with Gasteiger partial charge in [-0.3, -0.25) is 0 Å². The van der Waals surface area contributed by atoms with Gasteiger partial charge in [-0.2, -0.15) is 0 Å². The lowest BCUT2D eigenvalue weighted by atomic mass is 9.90. The Kier molecular flexibility index (Phi) is 5.79. The average molecular weight is 381 g/mol. The van der Waals surface area contributed by atoms with Gasteiger partial charge in [0, 0.05) is 6.04 Å². The zero-order chi connectivity index (χ0) is 19.4. The van der Waals surface area contributed by atoms with Crippen molar-refractivity contribution in [2.24, 2.45) is 0 Å². The quantitative estimate of drug-likeness (QED) is 0.804. The highest BCUT2D eigenvalue weighted by atomic mass is 19.4. The van der Waals surface area contributed by atoms with Crippen LogP contribution in [0, 0.1) is 0 Å². The van der Waals surface area contributed by atoms with E-state index in [1.807, 2.05) is 18.2 Å². The summed E-state index contributed by atoms with van der Waals surface area (Å²) in [5.41, 5.74) is 3.14. The molecule has 1 unspecified atom stereocenters. The fourth-order valence-electron chi connectivity index (χ4n) is 3.44. The van der Waals surface area contributed by atoms with Crippen molar-refractivity contribution in [3.05, 3.63) is 53.1 Å². The van der Waals surface area contributed by atoms with E-state index in [-0.39, 0.29) is 11.8 Å². The van der Waals surface area contributed by atoms with Gasteiger partial charge in [-0.1, -0.05) is 12.1 Å². The monoisotopic (exact) mass is 381 g/mol. The second kappa shape index (κ2) is 8.08. The summed E-state index contributed by atoms with van der Waals surface area (Å²) in [6.07, 6.45) is -2.42. The number of aryl methyl sites for hydroxylation is 1. The number of alkyl halides is 3. The first kappa shape index (κ1) is 19.4. The van der Waals surface area contributed by atoms with Crippen LogP contribution in [0.25, 0.3) is 0 Å². The van der Waals surface area contributed by atoms with E-state index < -0.39 is 6.36 Å². The molecule has 1 aliphatic heterocycles. The molecule has 3 rings (SSSR count). The van der Waals surface area contributed by atoms with Crippen LogP contribution in [0.4, 0.5) is 13.2 Å². The molecule has 0 saturated heterocycles. The normalized spacial score (nSPS) is 16.6. The van der Waals surface area contributed by atoms with Crippen molar-refractivity contribution < 1.29 is 27.4 Å². The molecule has 27 heavy (non-hydrogen) atoms. The molecular weight excluding hydrogens is 359 g/mol. The van der Waals surface area contributed by atoms with Gasteiger partial charge in [-0.25, -0.2) is 0 Å². The predicted octanol–water partition coefficient (Wildman–Crippen LogP) is 4.42. The summed E-state index contributed by atoms with van der Waals surface area (Å²) in [5.74, 6) is 1.18. The molecule has 0 radical (unpaired) electrons. The van der Waals surface area contributed by atoms with E-state index in [4.69, 9.17) is 9.47 Å². The van der Waals surface area contributed by atoms with Crippen molar-refractivity contribution in [1.82, 2.24) is 5.32 Å². The minimum Gasteiger partial charge on any atom is -0.493 e. The molecule has 0 saturated carbocycles. The van der Waals surface area contributed by atoms with Crippen LogP contribution in [0.5, 0.6) is 17.2 Å². The summed E-state index contributed by atoms with van der Waals surface area (Å²) < 4.78 is 52.0. The Hall–Kier alpha value is -2.41. The largest absolute Gasteiger partial charge is 0.573 e. The number of rotatable bonds is 6. The minimum atomic E-state index is -4.68. The molecule has 4 nitrogen and oxygen atoms in total. The Morgan fingerprint density at radius 2 is 1.81 bits per heavy atom. The van der Waals surface area contributed by atoms with Crippen LogP contribution >= 0.6 is 0 Å². The second-order valence-corrected chi connectivity index (χ2v) is 6.40. The van der Waals surface area contributed by atoms with Gasteiger partial charge < -0.3 is 19.5 Å². The molecule has 1 atom stereocenters. The number of ether oxygens (including phenoxy) is 3. The number of benzene rings is 2. The SMILES string of the molecule is COc1cc2c(cc1OC)C(CCc1cccc(OC(F)(F)F)c1)NCC2. The minimum absolute atomic E-state index is 0.0979. The highest BCUT2D eigenvalue weighted by Gasteiger charge is 2.31. The summed E-state index contributed by atoms with van der Waals surface area (Å²) in [7, 11) is 3.21. The summed E-state index contributed by atoms with van der Waals surface area (Å²) in [5, 5.41) is 3.48. The first-order valence-corrected chi connectivity index (χ1v) is 8.72. The van der Waals surface area contributed by atoms with Crippen LogP contribution in [0.3, 0.4) is 0 Å². The van der Waals surface area contributed by atoms with Crippen molar-refractivity contribution in [2.45, 2.75) is 31.7 Å². The molecule has 0 aliphatic carbocycles. The molecule has 0 spiro atoms. The lowest BCUT2D eigenvalue weighted by Crippen LogP contribution is -2.30. The summed E-state index contributed by atoms with van der Waals surface area (Å²) in [4.78, 5) is 0. The van der Waals surface area contributed by atoms with Gasteiger partial charge in [0.05, 0.1) is 14.2 Å². The molecule has 1 aliphatic rings. The number of nitrogens with one attached hydrogen (secondary N) is 1. The Morgan fingerprint density at radius 3 is 2.52 bits per heavy atom. The van der Waals surface area contributed by atoms with Crippen LogP contribution in [-0.4, -0.2) is 27.1 Å². The van der Waals surface area contributed by atoms with Gasteiger partial charge in [0.1, 0.15) is 5.75 Å². The number of fused-ring (bicyclic) bond motifs is 1. The topological polar surface area (TPSA) is 39.7 Å². The van der Waals surface area contributed by atoms with Crippen LogP contribution in [0.2, 0.25) is 0 Å². The van der Waals surface area contributed by atoms with Crippen molar-refractivity contribution in [2.75, 3.05) is 20.8 Å². The van der Waals surface area contributed by atoms with Gasteiger partial charge in [0.25, 0.3) is 0 Å². The Balaban J connectivity index is 1.74. The van der Waals surface area contributed by atoms with Crippen molar-refractivity contribution in [3.8, 4) is 17.2 Å². The molecule has 7 heteroatoms. The van der Waals surface area contributed by atoms with Gasteiger partial charge in [-0.15, -0.1) is 13.2 Å². The fourth-order valence-corrected chi connectivity index (χ4v) is 3.44. The summed E-state index contributed by atoms with van der Waals surface area (Å²) >= 11 is 0. The maximum absolute atomic E-state index is 12.4. The average Bonchev–Trinajstić information content (AvgIpc) is 2.64. The second-order valence-electron chi connectivity index (χ2n) is 6.40. The maximum atomic E-state index is 12.4. The van der Waals surface area contributed by atoms with Gasteiger partial charge in [-0.05, 0) is 66.8 Å². The Bertz CT molecular complexity index is 793. The molecule has 0 bridgehead atoms. The predicted molar refractivity (Wildman–Crippen MR) is 95.4 cm³/mol. The number of hydrogen-bond acceptors (Lipinski definition) is 4. The van der Waals surface area contributed by atoms with E-state index in [0.29, 0.717) is 17.9 Å². The molecule has 0 amide bonds. The van der Waals surface area contributed by atoms with Crippen molar-refractivity contribution in [3.63, 3.8) is 0 Å². The fraction of sp³-hybridized carbons (Fsp3) is 0.400. The van der Waals surface area contributed by atoms with Gasteiger partial charge in [0.15, 0.2) is 11.5 Å². The maximum Gasteiger partial charge on any atom is 0.573 e. The van der Waals surface area contributed by atoms with Crippen molar-refractivity contribution >= 4 is 0 Å². The van der Waals surface area contributed by atoms with Crippen LogP contribution in [0.1, 0.15) is 29.2 Å². The summed E-state index contributed by atoms with van der Waals surface area (Å²) in [6.45, 7) is 0.838. The smallest absolute Gasteiger partial charge is 0.493 e. The number of halogens is 3.